The Morgan fingerprint density at radius 2 is 2.03 bits per heavy atom. The van der Waals surface area contributed by atoms with Gasteiger partial charge in [0.1, 0.15) is 0 Å². The zero-order valence-corrected chi connectivity index (χ0v) is 19.2. The second-order valence-electron chi connectivity index (χ2n) is 8.49. The van der Waals surface area contributed by atoms with Gasteiger partial charge in [-0.15, -0.1) is 21.5 Å². The van der Waals surface area contributed by atoms with Crippen LogP contribution in [-0.2, 0) is 24.2 Å². The number of carbonyl (C=O) groups is 1. The molecule has 7 heteroatoms. The van der Waals surface area contributed by atoms with E-state index in [9.17, 15) is 4.79 Å². The summed E-state index contributed by atoms with van der Waals surface area (Å²) in [6, 6.07) is 0.352. The lowest BCUT2D eigenvalue weighted by Crippen LogP contribution is -2.35. The number of aromatic nitrogens is 3. The van der Waals surface area contributed by atoms with Crippen molar-refractivity contribution in [3.63, 3.8) is 0 Å². The fraction of sp³-hybridized carbons (Fsp3) is 0.682. The van der Waals surface area contributed by atoms with E-state index in [0.717, 1.165) is 42.7 Å². The highest BCUT2D eigenvalue weighted by atomic mass is 32.2. The molecule has 158 valence electrons. The first-order chi connectivity index (χ1) is 14.2. The Hall–Kier alpha value is -1.34. The third kappa shape index (κ3) is 4.88. The number of hydrogen-bond acceptors (Lipinski definition) is 5. The second kappa shape index (κ2) is 9.65. The summed E-state index contributed by atoms with van der Waals surface area (Å²) in [4.78, 5) is 14.0. The SMILES string of the molecule is CCn1c(SCC(=O)NC2CCCCCC2)nnc1-c1csc2c1CCC(C)C2. The van der Waals surface area contributed by atoms with Crippen LogP contribution in [0.2, 0.25) is 0 Å². The Morgan fingerprint density at radius 3 is 2.79 bits per heavy atom. The van der Waals surface area contributed by atoms with E-state index < -0.39 is 0 Å². The first kappa shape index (κ1) is 20.9. The van der Waals surface area contributed by atoms with E-state index in [2.05, 4.69) is 39.3 Å². The van der Waals surface area contributed by atoms with Gasteiger partial charge in [0.15, 0.2) is 11.0 Å². The van der Waals surface area contributed by atoms with Crippen molar-refractivity contribution in [3.8, 4) is 11.4 Å². The molecule has 0 saturated heterocycles. The van der Waals surface area contributed by atoms with E-state index in [4.69, 9.17) is 0 Å². The van der Waals surface area contributed by atoms with Gasteiger partial charge in [0, 0.05) is 28.4 Å². The molecule has 1 saturated carbocycles. The maximum Gasteiger partial charge on any atom is 0.230 e. The molecule has 0 radical (unpaired) electrons. The van der Waals surface area contributed by atoms with Crippen molar-refractivity contribution < 1.29 is 4.79 Å². The third-order valence-corrected chi connectivity index (χ3v) is 8.25. The van der Waals surface area contributed by atoms with Gasteiger partial charge in [0.2, 0.25) is 5.91 Å². The largest absolute Gasteiger partial charge is 0.353 e. The number of hydrogen-bond donors (Lipinski definition) is 1. The molecular formula is C22H32N4OS2. The summed E-state index contributed by atoms with van der Waals surface area (Å²) in [5.74, 6) is 2.27. The van der Waals surface area contributed by atoms with Gasteiger partial charge in [0.25, 0.3) is 0 Å². The number of rotatable bonds is 6. The third-order valence-electron chi connectivity index (χ3n) is 6.23. The number of fused-ring (bicyclic) bond motifs is 1. The predicted octanol–water partition coefficient (Wildman–Crippen LogP) is 5.08. The summed E-state index contributed by atoms with van der Waals surface area (Å²) >= 11 is 3.38. The molecule has 0 bridgehead atoms. The fourth-order valence-electron chi connectivity index (χ4n) is 4.57. The van der Waals surface area contributed by atoms with Crippen molar-refractivity contribution >= 4 is 29.0 Å². The molecule has 2 aromatic heterocycles. The van der Waals surface area contributed by atoms with E-state index in [1.807, 2.05) is 11.3 Å². The molecule has 2 heterocycles. The maximum atomic E-state index is 12.5. The molecule has 1 N–H and O–H groups in total. The molecule has 2 aliphatic carbocycles. The zero-order valence-electron chi connectivity index (χ0n) is 17.6. The molecule has 1 atom stereocenters. The molecule has 0 aromatic carbocycles. The summed E-state index contributed by atoms with van der Waals surface area (Å²) in [7, 11) is 0. The van der Waals surface area contributed by atoms with Crippen molar-refractivity contribution in [1.82, 2.24) is 20.1 Å². The van der Waals surface area contributed by atoms with Crippen LogP contribution in [0.1, 0.15) is 69.2 Å². The van der Waals surface area contributed by atoms with Crippen LogP contribution in [0.4, 0.5) is 0 Å². The number of nitrogens with zero attached hydrogens (tertiary/aromatic N) is 3. The van der Waals surface area contributed by atoms with Gasteiger partial charge in [0.05, 0.1) is 5.75 Å². The first-order valence-electron chi connectivity index (χ1n) is 11.1. The molecule has 0 aliphatic heterocycles. The normalized spacial score (nSPS) is 20.3. The van der Waals surface area contributed by atoms with Crippen molar-refractivity contribution in [2.24, 2.45) is 5.92 Å². The summed E-state index contributed by atoms with van der Waals surface area (Å²) in [6.45, 7) is 5.28. The van der Waals surface area contributed by atoms with Crippen LogP contribution in [0.15, 0.2) is 10.5 Å². The van der Waals surface area contributed by atoms with Crippen LogP contribution in [0.3, 0.4) is 0 Å². The lowest BCUT2D eigenvalue weighted by Gasteiger charge is -2.19. The van der Waals surface area contributed by atoms with Gasteiger partial charge >= 0.3 is 0 Å². The van der Waals surface area contributed by atoms with Crippen LogP contribution in [0.25, 0.3) is 11.4 Å². The Morgan fingerprint density at radius 1 is 1.24 bits per heavy atom. The van der Waals surface area contributed by atoms with E-state index in [1.54, 1.807) is 0 Å². The lowest BCUT2D eigenvalue weighted by molar-refractivity contribution is -0.119. The molecule has 29 heavy (non-hydrogen) atoms. The first-order valence-corrected chi connectivity index (χ1v) is 13.0. The summed E-state index contributed by atoms with van der Waals surface area (Å²) in [5.41, 5.74) is 2.72. The highest BCUT2D eigenvalue weighted by Crippen LogP contribution is 2.38. The lowest BCUT2D eigenvalue weighted by atomic mass is 9.88. The van der Waals surface area contributed by atoms with Crippen molar-refractivity contribution in [2.75, 3.05) is 5.75 Å². The van der Waals surface area contributed by atoms with Gasteiger partial charge in [-0.25, -0.2) is 0 Å². The Bertz CT molecular complexity index is 836. The average molecular weight is 433 g/mol. The van der Waals surface area contributed by atoms with Crippen molar-refractivity contribution in [1.29, 1.82) is 0 Å². The highest BCUT2D eigenvalue weighted by molar-refractivity contribution is 7.99. The second-order valence-corrected chi connectivity index (χ2v) is 10.4. The van der Waals surface area contributed by atoms with Gasteiger partial charge in [-0.1, -0.05) is 44.4 Å². The minimum Gasteiger partial charge on any atom is -0.353 e. The van der Waals surface area contributed by atoms with Gasteiger partial charge < -0.3 is 9.88 Å². The standard InChI is InChI=1S/C22H32N4OS2/c1-3-26-21(18-13-28-19-12-15(2)10-11-17(18)19)24-25-22(26)29-14-20(27)23-16-8-6-4-5-7-9-16/h13,15-16H,3-12,14H2,1-2H3,(H,23,27). The molecular weight excluding hydrogens is 400 g/mol. The molecule has 5 nitrogen and oxygen atoms in total. The number of amides is 1. The number of thiophene rings is 1. The average Bonchev–Trinajstić information content (AvgIpc) is 3.21. The summed E-state index contributed by atoms with van der Waals surface area (Å²) < 4.78 is 2.17. The maximum absolute atomic E-state index is 12.5. The van der Waals surface area contributed by atoms with E-state index in [1.165, 1.54) is 66.3 Å². The zero-order chi connectivity index (χ0) is 20.2. The molecule has 1 fully saturated rings. The van der Waals surface area contributed by atoms with Crippen LogP contribution < -0.4 is 5.32 Å². The number of carbonyl (C=O) groups excluding carboxylic acids is 1. The number of thioether (sulfide) groups is 1. The number of nitrogens with one attached hydrogen (secondary N) is 1. The smallest absolute Gasteiger partial charge is 0.230 e. The Balaban J connectivity index is 1.42. The molecule has 1 amide bonds. The Labute approximate surface area is 182 Å². The Kier molecular flexibility index (Phi) is 6.96. The summed E-state index contributed by atoms with van der Waals surface area (Å²) in [6.07, 6.45) is 10.9. The van der Waals surface area contributed by atoms with Gasteiger partial charge in [-0.3, -0.25) is 4.79 Å². The molecule has 2 aliphatic rings. The molecule has 0 spiro atoms. The van der Waals surface area contributed by atoms with Crippen LogP contribution in [0, 0.1) is 5.92 Å². The van der Waals surface area contributed by atoms with Crippen LogP contribution in [-0.4, -0.2) is 32.5 Å². The van der Waals surface area contributed by atoms with Crippen molar-refractivity contribution in [3.05, 3.63) is 15.8 Å². The van der Waals surface area contributed by atoms with E-state index in [-0.39, 0.29) is 5.91 Å². The topological polar surface area (TPSA) is 59.8 Å². The van der Waals surface area contributed by atoms with E-state index in [0.29, 0.717) is 11.8 Å². The summed E-state index contributed by atoms with van der Waals surface area (Å²) in [5, 5.41) is 15.3. The van der Waals surface area contributed by atoms with Crippen LogP contribution in [0.5, 0.6) is 0 Å². The molecule has 4 rings (SSSR count). The van der Waals surface area contributed by atoms with Gasteiger partial charge in [-0.2, -0.15) is 0 Å². The fourth-order valence-corrected chi connectivity index (χ4v) is 6.62. The molecule has 2 aromatic rings. The van der Waals surface area contributed by atoms with E-state index >= 15 is 0 Å². The minimum atomic E-state index is 0.121. The molecule has 1 unspecified atom stereocenters. The quantitative estimate of drug-likeness (QED) is 0.511. The monoisotopic (exact) mass is 432 g/mol. The van der Waals surface area contributed by atoms with Crippen molar-refractivity contribution in [2.45, 2.75) is 89.4 Å². The van der Waals surface area contributed by atoms with Gasteiger partial charge in [-0.05, 0) is 50.5 Å². The van der Waals surface area contributed by atoms with Crippen LogP contribution >= 0.6 is 23.1 Å². The predicted molar refractivity (Wildman–Crippen MR) is 121 cm³/mol. The highest BCUT2D eigenvalue weighted by Gasteiger charge is 2.24. The minimum absolute atomic E-state index is 0.121.